The molecular weight excluding hydrogens is 454 g/mol. The standard InChI is InChI=1S/C11H24O9.2Y/c12-1-9(14)3-17-7-19-5-11(16)6-20-8-18-4-10(15)2-13;;/h9-16H,1-8H2;;. The van der Waals surface area contributed by atoms with Gasteiger partial charge in [-0.2, -0.15) is 0 Å². The Kier molecular flexibility index (Phi) is 27.2. The Labute approximate surface area is 180 Å². The molecule has 5 N–H and O–H groups in total. The molecule has 11 heteroatoms. The van der Waals surface area contributed by atoms with Crippen molar-refractivity contribution in [2.75, 3.05) is 53.2 Å². The van der Waals surface area contributed by atoms with Crippen LogP contribution in [-0.2, 0) is 84.4 Å². The van der Waals surface area contributed by atoms with E-state index in [1.807, 2.05) is 0 Å². The molecule has 2 unspecified atom stereocenters. The number of aliphatic hydroxyl groups excluding tert-OH is 5. The van der Waals surface area contributed by atoms with E-state index in [2.05, 4.69) is 0 Å². The van der Waals surface area contributed by atoms with Crippen LogP contribution >= 0.6 is 0 Å². The summed E-state index contributed by atoms with van der Waals surface area (Å²) in [6.45, 7) is -1.15. The van der Waals surface area contributed by atoms with Gasteiger partial charge in [0.05, 0.1) is 39.6 Å². The van der Waals surface area contributed by atoms with Crippen molar-refractivity contribution in [2.24, 2.45) is 0 Å². The van der Waals surface area contributed by atoms with E-state index in [1.165, 1.54) is 0 Å². The summed E-state index contributed by atoms with van der Waals surface area (Å²) in [6, 6.07) is 0. The van der Waals surface area contributed by atoms with E-state index in [0.717, 1.165) is 0 Å². The maximum atomic E-state index is 9.42. The third kappa shape index (κ3) is 19.9. The van der Waals surface area contributed by atoms with Crippen LogP contribution in [0.25, 0.3) is 0 Å². The Morgan fingerprint density at radius 1 is 0.545 bits per heavy atom. The SMILES string of the molecule is OCC(O)COCOCC(O)COCOCC(O)CO.[Y].[Y]. The molecule has 0 aromatic rings. The van der Waals surface area contributed by atoms with Gasteiger partial charge in [-0.25, -0.2) is 0 Å². The van der Waals surface area contributed by atoms with Crippen LogP contribution in [0.4, 0.5) is 0 Å². The van der Waals surface area contributed by atoms with Gasteiger partial charge in [-0.1, -0.05) is 0 Å². The predicted molar refractivity (Wildman–Crippen MR) is 65.7 cm³/mol. The molecule has 0 fully saturated rings. The summed E-state index contributed by atoms with van der Waals surface area (Å²) in [7, 11) is 0. The molecule has 2 radical (unpaired) electrons. The summed E-state index contributed by atoms with van der Waals surface area (Å²) < 4.78 is 19.6. The normalized spacial score (nSPS) is 14.6. The van der Waals surface area contributed by atoms with Crippen LogP contribution in [0.2, 0.25) is 0 Å². The Morgan fingerprint density at radius 3 is 1.09 bits per heavy atom. The number of rotatable bonds is 14. The molecule has 0 spiro atoms. The molecule has 128 valence electrons. The van der Waals surface area contributed by atoms with Crippen LogP contribution < -0.4 is 0 Å². The van der Waals surface area contributed by atoms with Crippen LogP contribution in [0.1, 0.15) is 0 Å². The number of ether oxygens (including phenoxy) is 4. The van der Waals surface area contributed by atoms with Gasteiger partial charge in [-0.3, -0.25) is 0 Å². The zero-order valence-corrected chi connectivity index (χ0v) is 18.1. The van der Waals surface area contributed by atoms with Crippen molar-refractivity contribution in [3.63, 3.8) is 0 Å². The fraction of sp³-hybridized carbons (Fsp3) is 1.00. The number of aliphatic hydroxyl groups is 5. The summed E-state index contributed by atoms with van der Waals surface area (Å²) >= 11 is 0. The van der Waals surface area contributed by atoms with E-state index in [4.69, 9.17) is 39.4 Å². The average molecular weight is 478 g/mol. The fourth-order valence-electron chi connectivity index (χ4n) is 1.01. The van der Waals surface area contributed by atoms with E-state index in [9.17, 15) is 5.11 Å². The molecule has 0 aromatic carbocycles. The Balaban J connectivity index is -0.00000180. The molecule has 0 aliphatic heterocycles. The van der Waals surface area contributed by atoms with Crippen LogP contribution in [0.5, 0.6) is 0 Å². The molecule has 0 saturated heterocycles. The van der Waals surface area contributed by atoms with Crippen molar-refractivity contribution in [2.45, 2.75) is 18.3 Å². The Hall–Kier alpha value is 1.85. The minimum Gasteiger partial charge on any atom is -0.394 e. The first kappa shape index (κ1) is 28.6. The van der Waals surface area contributed by atoms with Gasteiger partial charge >= 0.3 is 0 Å². The van der Waals surface area contributed by atoms with Crippen molar-refractivity contribution in [3.8, 4) is 0 Å². The third-order valence-corrected chi connectivity index (χ3v) is 2.00. The van der Waals surface area contributed by atoms with E-state index >= 15 is 0 Å². The summed E-state index contributed by atoms with van der Waals surface area (Å²) in [6.07, 6.45) is -2.76. The fourth-order valence-corrected chi connectivity index (χ4v) is 1.01. The molecule has 0 amide bonds. The molecule has 0 aliphatic carbocycles. The van der Waals surface area contributed by atoms with E-state index in [-0.39, 0.29) is 119 Å². The zero-order valence-electron chi connectivity index (χ0n) is 12.4. The summed E-state index contributed by atoms with van der Waals surface area (Å²) in [5, 5.41) is 44.3. The summed E-state index contributed by atoms with van der Waals surface area (Å²) in [4.78, 5) is 0. The molecule has 2 atom stereocenters. The van der Waals surface area contributed by atoms with Gasteiger partial charge in [0.15, 0.2) is 0 Å². The van der Waals surface area contributed by atoms with Gasteiger partial charge < -0.3 is 44.5 Å². The Bertz CT molecular complexity index is 194. The minimum atomic E-state index is -0.946. The first-order valence-electron chi connectivity index (χ1n) is 6.17. The molecule has 0 aromatic heterocycles. The number of hydrogen-bond acceptors (Lipinski definition) is 9. The van der Waals surface area contributed by atoms with Crippen molar-refractivity contribution in [1.29, 1.82) is 0 Å². The monoisotopic (exact) mass is 478 g/mol. The first-order valence-corrected chi connectivity index (χ1v) is 6.17. The Morgan fingerprint density at radius 2 is 0.818 bits per heavy atom. The van der Waals surface area contributed by atoms with Crippen LogP contribution in [-0.4, -0.2) is 97.1 Å². The smallest absolute Gasteiger partial charge is 0.146 e. The van der Waals surface area contributed by atoms with Gasteiger partial charge in [0.2, 0.25) is 0 Å². The van der Waals surface area contributed by atoms with Gasteiger partial charge in [-0.05, 0) is 0 Å². The van der Waals surface area contributed by atoms with E-state index in [0.29, 0.717) is 0 Å². The molecular formula is C11H24O9Y2. The minimum absolute atomic E-state index is 0. The maximum Gasteiger partial charge on any atom is 0.146 e. The van der Waals surface area contributed by atoms with Crippen LogP contribution in [0, 0.1) is 0 Å². The zero-order chi connectivity index (χ0) is 15.2. The maximum absolute atomic E-state index is 9.42. The molecule has 9 nitrogen and oxygen atoms in total. The second-order valence-corrected chi connectivity index (χ2v) is 4.05. The van der Waals surface area contributed by atoms with Gasteiger partial charge in [0.1, 0.15) is 31.9 Å². The quantitative estimate of drug-likeness (QED) is 0.131. The van der Waals surface area contributed by atoms with Crippen molar-refractivity contribution < 1.29 is 110 Å². The second-order valence-electron chi connectivity index (χ2n) is 4.05. The average Bonchev–Trinajstić information content (AvgIpc) is 2.45. The summed E-state index contributed by atoms with van der Waals surface area (Å²) in [5.74, 6) is 0. The summed E-state index contributed by atoms with van der Waals surface area (Å²) in [5.41, 5.74) is 0. The largest absolute Gasteiger partial charge is 0.394 e. The van der Waals surface area contributed by atoms with E-state index in [1.54, 1.807) is 0 Å². The van der Waals surface area contributed by atoms with Gasteiger partial charge in [0.25, 0.3) is 0 Å². The van der Waals surface area contributed by atoms with E-state index < -0.39 is 18.3 Å². The van der Waals surface area contributed by atoms with Crippen LogP contribution in [0.3, 0.4) is 0 Å². The molecule has 22 heavy (non-hydrogen) atoms. The predicted octanol–water partition coefficient (Wildman–Crippen LogP) is -2.97. The molecule has 0 heterocycles. The van der Waals surface area contributed by atoms with Gasteiger partial charge in [-0.15, -0.1) is 0 Å². The van der Waals surface area contributed by atoms with Crippen molar-refractivity contribution in [3.05, 3.63) is 0 Å². The third-order valence-electron chi connectivity index (χ3n) is 2.00. The van der Waals surface area contributed by atoms with Gasteiger partial charge in [0, 0.05) is 65.4 Å². The number of hydrogen-bond donors (Lipinski definition) is 5. The molecule has 0 bridgehead atoms. The van der Waals surface area contributed by atoms with Crippen LogP contribution in [0.15, 0.2) is 0 Å². The molecule has 0 aliphatic rings. The molecule has 0 saturated carbocycles. The molecule has 0 rings (SSSR count). The first-order chi connectivity index (χ1) is 9.60. The second kappa shape index (κ2) is 20.9. The van der Waals surface area contributed by atoms with Crippen molar-refractivity contribution >= 4 is 0 Å². The topological polar surface area (TPSA) is 138 Å². The van der Waals surface area contributed by atoms with Crippen molar-refractivity contribution in [1.82, 2.24) is 0 Å².